The van der Waals surface area contributed by atoms with E-state index < -0.39 is 0 Å². The number of carbonyl (C=O) groups excluding carboxylic acids is 2. The van der Waals surface area contributed by atoms with E-state index in [4.69, 9.17) is 0 Å². The van der Waals surface area contributed by atoms with Crippen LogP contribution in [-0.4, -0.2) is 35.8 Å². The average Bonchev–Trinajstić information content (AvgIpc) is 2.92. The number of imide groups is 1. The Kier molecular flexibility index (Phi) is 3.34. The zero-order chi connectivity index (χ0) is 13.2. The van der Waals surface area contributed by atoms with E-state index in [2.05, 4.69) is 5.32 Å². The lowest BCUT2D eigenvalue weighted by Gasteiger charge is -2.27. The highest BCUT2D eigenvalue weighted by molar-refractivity contribution is 6.09. The van der Waals surface area contributed by atoms with Gasteiger partial charge < -0.3 is 5.32 Å². The fourth-order valence-electron chi connectivity index (χ4n) is 2.91. The minimum absolute atomic E-state index is 0.0679. The molecule has 0 radical (unpaired) electrons. The van der Waals surface area contributed by atoms with Gasteiger partial charge >= 0.3 is 0 Å². The molecule has 2 aliphatic heterocycles. The summed E-state index contributed by atoms with van der Waals surface area (Å²) in [4.78, 5) is 25.8. The van der Waals surface area contributed by atoms with E-state index in [1.807, 2.05) is 24.3 Å². The first-order chi connectivity index (χ1) is 9.25. The third kappa shape index (κ3) is 2.40. The SMILES string of the molecule is O=C1Cc2ccccc2C(=O)N1CCC1CCCN1. The van der Waals surface area contributed by atoms with E-state index in [0.717, 1.165) is 24.9 Å². The molecule has 1 fully saturated rings. The van der Waals surface area contributed by atoms with Gasteiger partial charge in [-0.15, -0.1) is 0 Å². The fraction of sp³-hybridized carbons (Fsp3) is 0.467. The Labute approximate surface area is 112 Å². The highest BCUT2D eigenvalue weighted by Gasteiger charge is 2.30. The van der Waals surface area contributed by atoms with Crippen molar-refractivity contribution in [2.45, 2.75) is 31.7 Å². The summed E-state index contributed by atoms with van der Waals surface area (Å²) in [6.45, 7) is 1.58. The molecule has 1 unspecified atom stereocenters. The highest BCUT2D eigenvalue weighted by Crippen LogP contribution is 2.20. The molecular formula is C15H18N2O2. The van der Waals surface area contributed by atoms with Crippen LogP contribution in [0, 0.1) is 0 Å². The van der Waals surface area contributed by atoms with Crippen LogP contribution >= 0.6 is 0 Å². The molecule has 1 atom stereocenters. The summed E-state index contributed by atoms with van der Waals surface area (Å²) in [5.74, 6) is -0.202. The number of nitrogens with one attached hydrogen (secondary N) is 1. The molecule has 0 bridgehead atoms. The van der Waals surface area contributed by atoms with E-state index in [1.54, 1.807) is 0 Å². The number of carbonyl (C=O) groups is 2. The minimum Gasteiger partial charge on any atom is -0.314 e. The molecule has 3 rings (SSSR count). The third-order valence-electron chi connectivity index (χ3n) is 4.00. The molecule has 19 heavy (non-hydrogen) atoms. The van der Waals surface area contributed by atoms with E-state index in [0.29, 0.717) is 24.6 Å². The third-order valence-corrected chi connectivity index (χ3v) is 4.00. The fourth-order valence-corrected chi connectivity index (χ4v) is 2.91. The quantitative estimate of drug-likeness (QED) is 0.833. The largest absolute Gasteiger partial charge is 0.314 e. The predicted octanol–water partition coefficient (Wildman–Crippen LogP) is 1.35. The van der Waals surface area contributed by atoms with Crippen LogP contribution in [0.25, 0.3) is 0 Å². The maximum absolute atomic E-state index is 12.3. The molecule has 0 aliphatic carbocycles. The van der Waals surface area contributed by atoms with Gasteiger partial charge in [0.1, 0.15) is 0 Å². The summed E-state index contributed by atoms with van der Waals surface area (Å²) in [6.07, 6.45) is 3.54. The van der Waals surface area contributed by atoms with Gasteiger partial charge in [0.2, 0.25) is 5.91 Å². The van der Waals surface area contributed by atoms with Crippen LogP contribution < -0.4 is 5.32 Å². The summed E-state index contributed by atoms with van der Waals surface area (Å²) >= 11 is 0. The second-order valence-electron chi connectivity index (χ2n) is 5.27. The first-order valence-electron chi connectivity index (χ1n) is 6.91. The topological polar surface area (TPSA) is 49.4 Å². The van der Waals surface area contributed by atoms with Crippen molar-refractivity contribution in [3.63, 3.8) is 0 Å². The van der Waals surface area contributed by atoms with Crippen molar-refractivity contribution in [2.24, 2.45) is 0 Å². The first kappa shape index (κ1) is 12.4. The van der Waals surface area contributed by atoms with Gasteiger partial charge in [-0.05, 0) is 37.4 Å². The number of nitrogens with zero attached hydrogens (tertiary/aromatic N) is 1. The second-order valence-corrected chi connectivity index (χ2v) is 5.27. The molecule has 1 aromatic carbocycles. The van der Waals surface area contributed by atoms with Gasteiger partial charge in [0, 0.05) is 18.2 Å². The van der Waals surface area contributed by atoms with Crippen LogP contribution in [0.3, 0.4) is 0 Å². The Bertz CT molecular complexity index is 507. The lowest BCUT2D eigenvalue weighted by Crippen LogP contribution is -2.44. The molecule has 2 aliphatic rings. The van der Waals surface area contributed by atoms with Crippen molar-refractivity contribution in [1.82, 2.24) is 10.2 Å². The van der Waals surface area contributed by atoms with Crippen LogP contribution in [0.2, 0.25) is 0 Å². The summed E-state index contributed by atoms with van der Waals surface area (Å²) < 4.78 is 0. The van der Waals surface area contributed by atoms with Gasteiger partial charge in [0.25, 0.3) is 5.91 Å². The number of hydrogen-bond donors (Lipinski definition) is 1. The minimum atomic E-state index is -0.134. The van der Waals surface area contributed by atoms with Crippen molar-refractivity contribution in [2.75, 3.05) is 13.1 Å². The molecule has 1 N–H and O–H groups in total. The van der Waals surface area contributed by atoms with Crippen LogP contribution in [0.5, 0.6) is 0 Å². The van der Waals surface area contributed by atoms with Crippen molar-refractivity contribution in [1.29, 1.82) is 0 Å². The molecule has 2 amide bonds. The average molecular weight is 258 g/mol. The highest BCUT2D eigenvalue weighted by atomic mass is 16.2. The molecule has 0 spiro atoms. The van der Waals surface area contributed by atoms with E-state index >= 15 is 0 Å². The first-order valence-corrected chi connectivity index (χ1v) is 6.91. The Hall–Kier alpha value is -1.68. The predicted molar refractivity (Wildman–Crippen MR) is 71.8 cm³/mol. The van der Waals surface area contributed by atoms with Gasteiger partial charge in [-0.25, -0.2) is 0 Å². The number of amides is 2. The lowest BCUT2D eigenvalue weighted by atomic mass is 9.98. The van der Waals surface area contributed by atoms with Gasteiger partial charge in [-0.1, -0.05) is 18.2 Å². The molecule has 1 aromatic rings. The van der Waals surface area contributed by atoms with Crippen LogP contribution in [0.4, 0.5) is 0 Å². The van der Waals surface area contributed by atoms with E-state index in [9.17, 15) is 9.59 Å². The normalized spacial score (nSPS) is 22.7. The van der Waals surface area contributed by atoms with Gasteiger partial charge in [0.05, 0.1) is 6.42 Å². The van der Waals surface area contributed by atoms with Gasteiger partial charge in [-0.2, -0.15) is 0 Å². The summed E-state index contributed by atoms with van der Waals surface area (Å²) in [6, 6.07) is 7.85. The standard InChI is InChI=1S/C15H18N2O2/c18-14-10-11-4-1-2-6-13(11)15(19)17(14)9-7-12-5-3-8-16-12/h1-2,4,6,12,16H,3,5,7-10H2. The molecule has 100 valence electrons. The van der Waals surface area contributed by atoms with Crippen molar-refractivity contribution < 1.29 is 9.59 Å². The second kappa shape index (κ2) is 5.13. The lowest BCUT2D eigenvalue weighted by molar-refractivity contribution is -0.128. The molecule has 0 aromatic heterocycles. The maximum atomic E-state index is 12.3. The number of benzene rings is 1. The molecular weight excluding hydrogens is 240 g/mol. The Morgan fingerprint density at radius 1 is 1.26 bits per heavy atom. The summed E-state index contributed by atoms with van der Waals surface area (Å²) in [7, 11) is 0. The zero-order valence-corrected chi connectivity index (χ0v) is 10.9. The number of fused-ring (bicyclic) bond motifs is 1. The van der Waals surface area contributed by atoms with E-state index in [-0.39, 0.29) is 11.8 Å². The van der Waals surface area contributed by atoms with Crippen molar-refractivity contribution in [3.05, 3.63) is 35.4 Å². The van der Waals surface area contributed by atoms with Crippen molar-refractivity contribution in [3.8, 4) is 0 Å². The molecule has 2 heterocycles. The number of hydrogen-bond acceptors (Lipinski definition) is 3. The summed E-state index contributed by atoms with van der Waals surface area (Å²) in [5.41, 5.74) is 1.54. The van der Waals surface area contributed by atoms with Crippen LogP contribution in [-0.2, 0) is 11.2 Å². The zero-order valence-electron chi connectivity index (χ0n) is 10.9. The van der Waals surface area contributed by atoms with E-state index in [1.165, 1.54) is 11.3 Å². The van der Waals surface area contributed by atoms with Crippen LogP contribution in [0.1, 0.15) is 35.2 Å². The monoisotopic (exact) mass is 258 g/mol. The molecule has 4 nitrogen and oxygen atoms in total. The summed E-state index contributed by atoms with van der Waals surface area (Å²) in [5, 5.41) is 3.40. The number of rotatable bonds is 3. The van der Waals surface area contributed by atoms with Crippen LogP contribution in [0.15, 0.2) is 24.3 Å². The van der Waals surface area contributed by atoms with Gasteiger partial charge in [-0.3, -0.25) is 14.5 Å². The maximum Gasteiger partial charge on any atom is 0.260 e. The smallest absolute Gasteiger partial charge is 0.260 e. The Morgan fingerprint density at radius 2 is 2.11 bits per heavy atom. The van der Waals surface area contributed by atoms with Crippen molar-refractivity contribution >= 4 is 11.8 Å². The van der Waals surface area contributed by atoms with Gasteiger partial charge in [0.15, 0.2) is 0 Å². The Morgan fingerprint density at radius 3 is 2.89 bits per heavy atom. The Balaban J connectivity index is 1.72. The molecule has 0 saturated carbocycles. The molecule has 1 saturated heterocycles. The molecule has 4 heteroatoms.